The van der Waals surface area contributed by atoms with Crippen LogP contribution in [0.3, 0.4) is 0 Å². The molecule has 214 valence electrons. The Morgan fingerprint density at radius 1 is 0.763 bits per heavy atom. The molecule has 6 heteroatoms. The lowest BCUT2D eigenvalue weighted by molar-refractivity contribution is 0.00712. The Bertz CT molecular complexity index is 952. The first kappa shape index (κ1) is 32.5. The average molecular weight is 549 g/mol. The monoisotopic (exact) mass is 548 g/mol. The van der Waals surface area contributed by atoms with Crippen molar-refractivity contribution in [3.63, 3.8) is 0 Å². The van der Waals surface area contributed by atoms with Crippen LogP contribution in [0.4, 0.5) is 4.39 Å². The first-order valence-corrected chi connectivity index (χ1v) is 16.2. The van der Waals surface area contributed by atoms with Crippen LogP contribution < -0.4 is 0 Å². The van der Waals surface area contributed by atoms with Gasteiger partial charge in [-0.15, -0.1) is 0 Å². The van der Waals surface area contributed by atoms with Gasteiger partial charge in [-0.05, 0) is 30.5 Å². The Morgan fingerprint density at radius 3 is 1.76 bits per heavy atom. The number of halogens is 1. The first-order valence-electron chi connectivity index (χ1n) is 14.7. The fourth-order valence-electron chi connectivity index (χ4n) is 4.83. The molecule has 2 aromatic rings. The molecular formula is C32H49FO4S. The van der Waals surface area contributed by atoms with Gasteiger partial charge >= 0.3 is 0 Å². The fraction of sp³-hybridized carbons (Fsp3) is 0.625. The number of rotatable bonds is 22. The van der Waals surface area contributed by atoms with Gasteiger partial charge in [0.1, 0.15) is 6.10 Å². The van der Waals surface area contributed by atoms with Crippen molar-refractivity contribution in [2.45, 2.75) is 126 Å². The van der Waals surface area contributed by atoms with Crippen LogP contribution in [0.2, 0.25) is 0 Å². The van der Waals surface area contributed by atoms with Gasteiger partial charge in [0.25, 0.3) is 0 Å². The summed E-state index contributed by atoms with van der Waals surface area (Å²) in [6.07, 6.45) is 12.8. The average Bonchev–Trinajstić information content (AvgIpc) is 2.94. The molecule has 0 aromatic heterocycles. The van der Waals surface area contributed by atoms with Gasteiger partial charge in [0, 0.05) is 13.0 Å². The highest BCUT2D eigenvalue weighted by Gasteiger charge is 2.50. The number of sulfone groups is 1. The van der Waals surface area contributed by atoms with Crippen LogP contribution in [-0.4, -0.2) is 31.2 Å². The molecule has 0 bridgehead atoms. The molecule has 0 aliphatic heterocycles. The van der Waals surface area contributed by atoms with E-state index in [0.29, 0.717) is 13.0 Å². The molecule has 2 rings (SSSR count). The number of unbranched alkanes of at least 4 members (excludes halogenated alkanes) is 12. The van der Waals surface area contributed by atoms with Crippen molar-refractivity contribution in [2.24, 2.45) is 0 Å². The number of alkyl halides is 1. The molecule has 0 radical (unpaired) electrons. The molecule has 0 saturated carbocycles. The van der Waals surface area contributed by atoms with Gasteiger partial charge in [-0.2, -0.15) is 0 Å². The summed E-state index contributed by atoms with van der Waals surface area (Å²) in [5.74, 6) is 0. The Balaban J connectivity index is 1.80. The lowest BCUT2D eigenvalue weighted by atomic mass is 10.0. The van der Waals surface area contributed by atoms with Crippen molar-refractivity contribution in [2.75, 3.05) is 6.61 Å². The summed E-state index contributed by atoms with van der Waals surface area (Å²) in [7, 11) is -4.38. The SMILES string of the molecule is CCCCCCCCCCCCCCCC(F)(C(O)CCOCc1ccccc1)S(=O)(=O)c1ccccc1. The van der Waals surface area contributed by atoms with Crippen LogP contribution in [0, 0.1) is 0 Å². The van der Waals surface area contributed by atoms with Gasteiger partial charge in [0.05, 0.1) is 11.5 Å². The normalized spacial score (nSPS) is 14.3. The highest BCUT2D eigenvalue weighted by molar-refractivity contribution is 7.92. The van der Waals surface area contributed by atoms with Crippen LogP contribution in [0.25, 0.3) is 0 Å². The van der Waals surface area contributed by atoms with E-state index in [0.717, 1.165) is 24.8 Å². The second-order valence-corrected chi connectivity index (χ2v) is 12.6. The van der Waals surface area contributed by atoms with Crippen molar-refractivity contribution in [1.29, 1.82) is 0 Å². The zero-order valence-corrected chi connectivity index (χ0v) is 24.1. The largest absolute Gasteiger partial charge is 0.389 e. The minimum absolute atomic E-state index is 0.0741. The number of aliphatic hydroxyl groups is 1. The molecule has 2 unspecified atom stereocenters. The Hall–Kier alpha value is -1.76. The molecule has 1 N–H and O–H groups in total. The van der Waals surface area contributed by atoms with E-state index in [4.69, 9.17) is 4.74 Å². The standard InChI is InChI=1S/C32H49FO4S/c1-2-3-4-5-6-7-8-9-10-11-12-13-20-26-32(33,38(35,36)30-23-18-15-19-24-30)31(34)25-27-37-28-29-21-16-14-17-22-29/h14-19,21-24,31,34H,2-13,20,25-28H2,1H3. The third-order valence-electron chi connectivity index (χ3n) is 7.27. The third kappa shape index (κ3) is 11.2. The Labute approximate surface area is 230 Å². The minimum atomic E-state index is -4.38. The van der Waals surface area contributed by atoms with Crippen LogP contribution in [0.15, 0.2) is 65.6 Å². The van der Waals surface area contributed by atoms with Crippen LogP contribution in [0.5, 0.6) is 0 Å². The smallest absolute Gasteiger partial charge is 0.240 e. The van der Waals surface area contributed by atoms with Crippen molar-refractivity contribution in [3.05, 3.63) is 66.2 Å². The zero-order chi connectivity index (χ0) is 27.5. The first-order chi connectivity index (χ1) is 18.4. The predicted octanol–water partition coefficient (Wildman–Crippen LogP) is 8.58. The summed E-state index contributed by atoms with van der Waals surface area (Å²) in [4.78, 5) is -0.0959. The molecular weight excluding hydrogens is 499 g/mol. The maximum absolute atomic E-state index is 16.3. The predicted molar refractivity (Wildman–Crippen MR) is 155 cm³/mol. The van der Waals surface area contributed by atoms with E-state index >= 15 is 4.39 Å². The van der Waals surface area contributed by atoms with Crippen LogP contribution in [0.1, 0.15) is 109 Å². The molecule has 0 fully saturated rings. The van der Waals surface area contributed by atoms with E-state index in [1.165, 1.54) is 69.9 Å². The van der Waals surface area contributed by atoms with Gasteiger partial charge in [-0.3, -0.25) is 0 Å². The van der Waals surface area contributed by atoms with E-state index in [1.807, 2.05) is 30.3 Å². The fourth-order valence-corrected chi connectivity index (χ4v) is 6.63. The van der Waals surface area contributed by atoms with E-state index in [9.17, 15) is 13.5 Å². The number of benzene rings is 2. The number of hydrogen-bond acceptors (Lipinski definition) is 4. The lowest BCUT2D eigenvalue weighted by Crippen LogP contribution is -2.46. The molecule has 0 aliphatic carbocycles. The van der Waals surface area contributed by atoms with Crippen molar-refractivity contribution in [3.8, 4) is 0 Å². The summed E-state index contributed by atoms with van der Waals surface area (Å²) in [6, 6.07) is 17.2. The molecule has 38 heavy (non-hydrogen) atoms. The highest BCUT2D eigenvalue weighted by Crippen LogP contribution is 2.37. The van der Waals surface area contributed by atoms with E-state index < -0.39 is 20.9 Å². The molecule has 2 aromatic carbocycles. The van der Waals surface area contributed by atoms with E-state index in [-0.39, 0.29) is 24.3 Å². The topological polar surface area (TPSA) is 63.6 Å². The molecule has 4 nitrogen and oxygen atoms in total. The molecule has 0 amide bonds. The number of ether oxygens (including phenoxy) is 1. The van der Waals surface area contributed by atoms with Gasteiger partial charge in [-0.25, -0.2) is 12.8 Å². The van der Waals surface area contributed by atoms with Crippen LogP contribution in [-0.2, 0) is 21.2 Å². The number of aliphatic hydroxyl groups excluding tert-OH is 1. The molecule has 0 aliphatic rings. The summed E-state index contributed by atoms with van der Waals surface area (Å²) >= 11 is 0. The van der Waals surface area contributed by atoms with E-state index in [1.54, 1.807) is 18.2 Å². The third-order valence-corrected chi connectivity index (χ3v) is 9.53. The molecule has 0 saturated heterocycles. The van der Waals surface area contributed by atoms with Gasteiger partial charge < -0.3 is 9.84 Å². The molecule has 2 atom stereocenters. The quantitative estimate of drug-likeness (QED) is 0.150. The summed E-state index contributed by atoms with van der Waals surface area (Å²) < 4.78 is 48.6. The minimum Gasteiger partial charge on any atom is -0.389 e. The summed E-state index contributed by atoms with van der Waals surface area (Å²) in [5.41, 5.74) is 0.970. The summed E-state index contributed by atoms with van der Waals surface area (Å²) in [5, 5.41) is 8.07. The van der Waals surface area contributed by atoms with Crippen LogP contribution >= 0.6 is 0 Å². The maximum atomic E-state index is 16.3. The lowest BCUT2D eigenvalue weighted by Gasteiger charge is -2.30. The number of hydrogen-bond donors (Lipinski definition) is 1. The summed E-state index contributed by atoms with van der Waals surface area (Å²) in [6.45, 7) is 2.64. The van der Waals surface area contributed by atoms with Crippen molar-refractivity contribution >= 4 is 9.84 Å². The van der Waals surface area contributed by atoms with Crippen molar-refractivity contribution < 1.29 is 22.7 Å². The van der Waals surface area contributed by atoms with Crippen molar-refractivity contribution in [1.82, 2.24) is 0 Å². The Kier molecular flexibility index (Phi) is 15.8. The maximum Gasteiger partial charge on any atom is 0.240 e. The highest BCUT2D eigenvalue weighted by atomic mass is 32.2. The van der Waals surface area contributed by atoms with Gasteiger partial charge in [0.2, 0.25) is 14.8 Å². The van der Waals surface area contributed by atoms with E-state index in [2.05, 4.69) is 6.92 Å². The zero-order valence-electron chi connectivity index (χ0n) is 23.3. The Morgan fingerprint density at radius 2 is 1.24 bits per heavy atom. The molecule has 0 spiro atoms. The second kappa shape index (κ2) is 18.5. The molecule has 0 heterocycles. The second-order valence-electron chi connectivity index (χ2n) is 10.4. The van der Waals surface area contributed by atoms with Gasteiger partial charge in [-0.1, -0.05) is 133 Å². The van der Waals surface area contributed by atoms with Gasteiger partial charge in [0.15, 0.2) is 0 Å².